The van der Waals surface area contributed by atoms with Crippen LogP contribution in [0.25, 0.3) is 33.5 Å². The smallest absolute Gasteiger partial charge is 0.280 e. The fourth-order valence-corrected chi connectivity index (χ4v) is 8.08. The largest absolute Gasteiger partial charge is 0.371 e. The summed E-state index contributed by atoms with van der Waals surface area (Å²) in [5.41, 5.74) is 4.32. The van der Waals surface area contributed by atoms with Crippen molar-refractivity contribution in [1.82, 2.24) is 68.1 Å². The number of fused-ring (bicyclic) bond motifs is 4. The first-order valence-corrected chi connectivity index (χ1v) is 21.9. The van der Waals surface area contributed by atoms with E-state index in [1.54, 1.807) is 19.6 Å². The molecule has 0 fully saturated rings. The first-order chi connectivity index (χ1) is 30.6. The second-order valence-electron chi connectivity index (χ2n) is 19.8. The first-order valence-electron chi connectivity index (χ1n) is 21.9. The number of hydrogen-bond donors (Lipinski definition) is 5. The number of rotatable bonds is 4. The van der Waals surface area contributed by atoms with Gasteiger partial charge in [-0.1, -0.05) is 7.43 Å². The van der Waals surface area contributed by atoms with Crippen LogP contribution in [0, 0.1) is 27.7 Å². The van der Waals surface area contributed by atoms with Gasteiger partial charge in [0.15, 0.2) is 62.4 Å². The van der Waals surface area contributed by atoms with Crippen molar-refractivity contribution in [3.8, 4) is 0 Å². The molecule has 0 aromatic carbocycles. The maximum Gasteiger partial charge on any atom is 0.280 e. The standard InChI is InChI=1S/C12H20N6.C11H17N5O.C11H17N5.C11H15N3O.CH4/c1-7-15-8-9(13-5)16-11(14-6)17-10(8)18(7)12(2,3)4;1-6-13-7-8(16(6)11(2,3)4)14-10(12-5)15-9(7)17;1-7-15-8-9(12-5)13-6-14-10(8)16(7)11(2,3)4;1-7-13-9-8(15)5-6-12-10(9)14(7)11(2,3)4;/h1-6H3,(H2,13,14,16,17);1-5H3,(H2,12,14,15,17);6H,1-5H3,(H,12,13,14);6H,5H2,1-4H3;1H4. The third kappa shape index (κ3) is 10.9. The number of aryl methyl sites for hydroxylation is 4. The van der Waals surface area contributed by atoms with Crippen LogP contribution in [-0.2, 0) is 22.2 Å². The lowest BCUT2D eigenvalue weighted by Gasteiger charge is -2.24. The summed E-state index contributed by atoms with van der Waals surface area (Å²) >= 11 is 0. The third-order valence-corrected chi connectivity index (χ3v) is 10.4. The molecule has 8 heterocycles. The van der Waals surface area contributed by atoms with E-state index in [1.165, 1.54) is 0 Å². The molecule has 364 valence electrons. The molecule has 21 heteroatoms. The van der Waals surface area contributed by atoms with E-state index in [2.05, 4.69) is 168 Å². The van der Waals surface area contributed by atoms with Crippen molar-refractivity contribution in [1.29, 1.82) is 0 Å². The Morgan fingerprint density at radius 1 is 0.522 bits per heavy atom. The highest BCUT2D eigenvalue weighted by molar-refractivity contribution is 6.08. The third-order valence-electron chi connectivity index (χ3n) is 10.4. The topological polar surface area (TPSA) is 246 Å². The Morgan fingerprint density at radius 3 is 1.46 bits per heavy atom. The number of nitrogens with zero attached hydrogens (tertiary/aromatic N) is 14. The Labute approximate surface area is 393 Å². The first kappa shape index (κ1) is 52.8. The van der Waals surface area contributed by atoms with E-state index in [1.807, 2.05) is 58.0 Å². The normalized spacial score (nSPS) is 12.6. The van der Waals surface area contributed by atoms with Crippen molar-refractivity contribution in [2.45, 2.75) is 147 Å². The monoisotopic (exact) mass is 924 g/mol. The Balaban J connectivity index is 0.000000194. The van der Waals surface area contributed by atoms with Gasteiger partial charge in [-0.25, -0.2) is 34.9 Å². The van der Waals surface area contributed by atoms with Gasteiger partial charge < -0.3 is 39.5 Å². The predicted molar refractivity (Wildman–Crippen MR) is 272 cm³/mol. The highest BCUT2D eigenvalue weighted by Gasteiger charge is 2.29. The quantitative estimate of drug-likeness (QED) is 0.112. The molecule has 7 aromatic rings. The zero-order chi connectivity index (χ0) is 49.4. The van der Waals surface area contributed by atoms with E-state index in [0.29, 0.717) is 41.0 Å². The Hall–Kier alpha value is -6.80. The van der Waals surface area contributed by atoms with Crippen LogP contribution in [0.3, 0.4) is 0 Å². The van der Waals surface area contributed by atoms with Crippen LogP contribution in [0.2, 0.25) is 0 Å². The van der Waals surface area contributed by atoms with Crippen molar-refractivity contribution in [3.05, 3.63) is 45.7 Å². The minimum Gasteiger partial charge on any atom is -0.371 e. The van der Waals surface area contributed by atoms with E-state index in [9.17, 15) is 9.59 Å². The lowest BCUT2D eigenvalue weighted by molar-refractivity contribution is 0.0996. The number of aliphatic imine (C=N–C) groups is 1. The Morgan fingerprint density at radius 2 is 0.985 bits per heavy atom. The second-order valence-corrected chi connectivity index (χ2v) is 19.8. The number of carbonyl (C=O) groups excluding carboxylic acids is 1. The van der Waals surface area contributed by atoms with E-state index >= 15 is 0 Å². The summed E-state index contributed by atoms with van der Waals surface area (Å²) in [4.78, 5) is 69.8. The predicted octanol–water partition coefficient (Wildman–Crippen LogP) is 8.00. The molecule has 0 amide bonds. The van der Waals surface area contributed by atoms with Gasteiger partial charge in [-0.2, -0.15) is 15.0 Å². The molecule has 0 atom stereocenters. The molecule has 0 aliphatic carbocycles. The molecule has 1 aliphatic rings. The number of imidazole rings is 4. The van der Waals surface area contributed by atoms with E-state index in [0.717, 1.165) is 57.3 Å². The second kappa shape index (κ2) is 19.6. The van der Waals surface area contributed by atoms with Crippen molar-refractivity contribution in [3.63, 3.8) is 0 Å². The average Bonchev–Trinajstić information content (AvgIpc) is 3.96. The van der Waals surface area contributed by atoms with Gasteiger partial charge in [-0.3, -0.25) is 14.6 Å². The van der Waals surface area contributed by atoms with Crippen LogP contribution in [0.5, 0.6) is 0 Å². The summed E-state index contributed by atoms with van der Waals surface area (Å²) in [6, 6.07) is 0. The van der Waals surface area contributed by atoms with Gasteiger partial charge in [0.05, 0.1) is 0 Å². The van der Waals surface area contributed by atoms with Crippen LogP contribution in [0.15, 0.2) is 16.1 Å². The number of nitrogens with one attached hydrogen (secondary N) is 5. The lowest BCUT2D eigenvalue weighted by Crippen LogP contribution is -2.24. The minimum absolute atomic E-state index is 0. The molecule has 5 N–H and O–H groups in total. The Bertz CT molecular complexity index is 2970. The van der Waals surface area contributed by atoms with Gasteiger partial charge in [0.2, 0.25) is 11.9 Å². The van der Waals surface area contributed by atoms with Crippen molar-refractivity contribution < 1.29 is 4.79 Å². The summed E-state index contributed by atoms with van der Waals surface area (Å²) in [6.07, 6.45) is 3.60. The van der Waals surface area contributed by atoms with E-state index in [4.69, 9.17) is 0 Å². The number of anilines is 4. The zero-order valence-electron chi connectivity index (χ0n) is 42.4. The molecule has 0 radical (unpaired) electrons. The van der Waals surface area contributed by atoms with Crippen molar-refractivity contribution in [2.75, 3.05) is 49.5 Å². The van der Waals surface area contributed by atoms with Gasteiger partial charge in [0, 0.05) is 63.0 Å². The van der Waals surface area contributed by atoms with Crippen LogP contribution in [0.4, 0.5) is 29.4 Å². The maximum atomic E-state index is 11.8. The number of H-pyrrole nitrogens is 1. The molecule has 21 nitrogen and oxygen atoms in total. The minimum atomic E-state index is -0.217. The molecule has 0 unspecified atom stereocenters. The summed E-state index contributed by atoms with van der Waals surface area (Å²) in [6.45, 7) is 33.0. The van der Waals surface area contributed by atoms with Gasteiger partial charge in [-0.15, -0.1) is 0 Å². The van der Waals surface area contributed by atoms with E-state index < -0.39 is 0 Å². The average molecular weight is 924 g/mol. The van der Waals surface area contributed by atoms with Crippen LogP contribution < -0.4 is 26.8 Å². The lowest BCUT2D eigenvalue weighted by atomic mass is 10.1. The maximum absolute atomic E-state index is 11.8. The number of Topliss-reactive ketones (excluding diaryl/α,β-unsaturated/α-hetero) is 1. The van der Waals surface area contributed by atoms with Crippen molar-refractivity contribution in [2.24, 2.45) is 4.99 Å². The van der Waals surface area contributed by atoms with E-state index in [-0.39, 0.29) is 40.9 Å². The molecular formula is C46H73N19O2. The summed E-state index contributed by atoms with van der Waals surface area (Å²) in [5, 5.41) is 11.9. The van der Waals surface area contributed by atoms with Crippen LogP contribution >= 0.6 is 0 Å². The molecule has 0 saturated carbocycles. The number of hydrogen-bond acceptors (Lipinski definition) is 16. The molecular weight excluding hydrogens is 851 g/mol. The zero-order valence-corrected chi connectivity index (χ0v) is 42.4. The fraction of sp³-hybridized carbons (Fsp3) is 0.565. The number of ketones is 1. The molecule has 1 aliphatic heterocycles. The van der Waals surface area contributed by atoms with Crippen LogP contribution in [0.1, 0.15) is 131 Å². The summed E-state index contributed by atoms with van der Waals surface area (Å²) in [7, 11) is 7.21. The van der Waals surface area contributed by atoms with Gasteiger partial charge in [-0.05, 0) is 111 Å². The SMILES string of the molecule is C.CNc1nc(NC)c2nc(C)n(C(C)(C)C)c2n1.CNc1nc2c(nc(C)n2C(C)(C)C)c(=O)[nH]1.CNc1ncnc2c1nc(C)n2C(C)(C)C.Cc1nc2c(n1C(C)(C)C)N=CCC2=O. The molecule has 0 saturated heterocycles. The molecule has 67 heavy (non-hydrogen) atoms. The molecule has 8 rings (SSSR count). The summed E-state index contributed by atoms with van der Waals surface area (Å²) < 4.78 is 8.24. The van der Waals surface area contributed by atoms with Gasteiger partial charge >= 0.3 is 0 Å². The van der Waals surface area contributed by atoms with Gasteiger partial charge in [0.25, 0.3) is 5.56 Å². The van der Waals surface area contributed by atoms with Crippen molar-refractivity contribution >= 4 is 74.8 Å². The van der Waals surface area contributed by atoms with Gasteiger partial charge in [0.1, 0.15) is 29.6 Å². The van der Waals surface area contributed by atoms with Crippen LogP contribution in [-0.4, -0.2) is 108 Å². The number of carbonyl (C=O) groups is 1. The molecule has 0 spiro atoms. The molecule has 0 bridgehead atoms. The number of aromatic nitrogens is 14. The number of aromatic amines is 1. The Kier molecular flexibility index (Phi) is 15.4. The molecule has 7 aromatic heterocycles. The highest BCUT2D eigenvalue weighted by atomic mass is 16.1. The fourth-order valence-electron chi connectivity index (χ4n) is 8.08. The highest BCUT2D eigenvalue weighted by Crippen LogP contribution is 2.32. The summed E-state index contributed by atoms with van der Waals surface area (Å²) in [5.74, 6) is 6.87.